The van der Waals surface area contributed by atoms with Crippen LogP contribution in [0.25, 0.3) is 6.08 Å². The van der Waals surface area contributed by atoms with Crippen molar-refractivity contribution in [3.8, 4) is 11.5 Å². The summed E-state index contributed by atoms with van der Waals surface area (Å²) >= 11 is 5.26. The number of nitrogens with zero attached hydrogens (tertiary/aromatic N) is 1. The number of thiocarbonyl (C=S) groups is 1. The van der Waals surface area contributed by atoms with Crippen molar-refractivity contribution in [2.75, 3.05) is 11.5 Å². The normalized spacial score (nSPS) is 14.6. The van der Waals surface area contributed by atoms with Crippen LogP contribution in [0.5, 0.6) is 11.5 Å². The van der Waals surface area contributed by atoms with Crippen LogP contribution in [0.15, 0.2) is 78.5 Å². The van der Waals surface area contributed by atoms with E-state index in [1.165, 1.54) is 12.1 Å². The Kier molecular flexibility index (Phi) is 6.47. The number of hydrogen-bond donors (Lipinski definition) is 1. The van der Waals surface area contributed by atoms with Gasteiger partial charge in [-0.2, -0.15) is 0 Å². The molecule has 0 saturated carbocycles. The van der Waals surface area contributed by atoms with Crippen molar-refractivity contribution in [1.29, 1.82) is 0 Å². The van der Waals surface area contributed by atoms with Crippen LogP contribution in [0.3, 0.4) is 0 Å². The first-order valence-corrected chi connectivity index (χ1v) is 10.5. The van der Waals surface area contributed by atoms with E-state index < -0.39 is 11.7 Å². The maximum atomic E-state index is 14.2. The van der Waals surface area contributed by atoms with Crippen molar-refractivity contribution in [2.45, 2.75) is 13.5 Å². The van der Waals surface area contributed by atoms with Gasteiger partial charge in [0.05, 0.1) is 12.3 Å². The monoisotopic (exact) mass is 448 g/mol. The van der Waals surface area contributed by atoms with Crippen molar-refractivity contribution < 1.29 is 18.7 Å². The predicted octanol–water partition coefficient (Wildman–Crippen LogP) is 5.07. The third-order valence-electron chi connectivity index (χ3n) is 4.79. The van der Waals surface area contributed by atoms with Gasteiger partial charge in [-0.15, -0.1) is 0 Å². The van der Waals surface area contributed by atoms with Crippen molar-refractivity contribution in [3.05, 3.63) is 95.4 Å². The van der Waals surface area contributed by atoms with Crippen LogP contribution in [-0.2, 0) is 11.4 Å². The van der Waals surface area contributed by atoms with Crippen molar-refractivity contribution in [3.63, 3.8) is 0 Å². The topological polar surface area (TPSA) is 50.8 Å². The summed E-state index contributed by atoms with van der Waals surface area (Å²) in [4.78, 5) is 14.0. The molecule has 1 N–H and O–H groups in total. The second-order valence-electron chi connectivity index (χ2n) is 6.99. The Hall–Kier alpha value is -3.71. The molecule has 5 nitrogen and oxygen atoms in total. The Morgan fingerprint density at radius 2 is 1.75 bits per heavy atom. The highest BCUT2D eigenvalue weighted by molar-refractivity contribution is 7.80. The standard InChI is InChI=1S/C25H21FN2O3S/c1-2-30-23-15-18(12-13-22(23)31-16-17-8-4-3-5-9-17)14-20-24(29)28(25(32)27-20)21-11-7-6-10-19(21)26/h3-15H,2,16H2,1H3,(H,27,32)/b20-14-. The summed E-state index contributed by atoms with van der Waals surface area (Å²) in [6.07, 6.45) is 1.65. The van der Waals surface area contributed by atoms with Gasteiger partial charge in [0.25, 0.3) is 5.91 Å². The SMILES string of the molecule is CCOc1cc(/C=C2\NC(=S)N(c3ccccc3F)C2=O)ccc1OCc1ccccc1. The molecule has 0 aliphatic carbocycles. The van der Waals surface area contributed by atoms with Crippen molar-refractivity contribution >= 4 is 35.0 Å². The van der Waals surface area contributed by atoms with Gasteiger partial charge >= 0.3 is 0 Å². The molecule has 0 radical (unpaired) electrons. The lowest BCUT2D eigenvalue weighted by molar-refractivity contribution is -0.113. The van der Waals surface area contributed by atoms with E-state index in [1.54, 1.807) is 30.3 Å². The van der Waals surface area contributed by atoms with Crippen LogP contribution < -0.4 is 19.7 Å². The second-order valence-corrected chi connectivity index (χ2v) is 7.38. The zero-order valence-corrected chi connectivity index (χ0v) is 18.2. The quantitative estimate of drug-likeness (QED) is 0.404. The number of rotatable bonds is 7. The first-order chi connectivity index (χ1) is 15.6. The number of para-hydroxylation sites is 1. The molecule has 3 aromatic carbocycles. The summed E-state index contributed by atoms with van der Waals surface area (Å²) in [6, 6.07) is 21.3. The van der Waals surface area contributed by atoms with Gasteiger partial charge in [-0.05, 0) is 60.6 Å². The largest absolute Gasteiger partial charge is 0.490 e. The molecule has 32 heavy (non-hydrogen) atoms. The lowest BCUT2D eigenvalue weighted by Crippen LogP contribution is -2.31. The van der Waals surface area contributed by atoms with E-state index in [0.717, 1.165) is 16.0 Å². The first kappa shape index (κ1) is 21.5. The maximum Gasteiger partial charge on any atom is 0.281 e. The number of benzene rings is 3. The molecule has 0 spiro atoms. The molecular formula is C25H21FN2O3S. The van der Waals surface area contributed by atoms with Gasteiger partial charge in [0.1, 0.15) is 18.1 Å². The van der Waals surface area contributed by atoms with E-state index >= 15 is 0 Å². The molecule has 1 aliphatic heterocycles. The third kappa shape index (κ3) is 4.63. The molecule has 1 amide bonds. The van der Waals surface area contributed by atoms with Crippen molar-refractivity contribution in [2.24, 2.45) is 0 Å². The number of halogens is 1. The van der Waals surface area contributed by atoms with Gasteiger partial charge in [-0.3, -0.25) is 4.79 Å². The molecule has 3 aromatic rings. The van der Waals surface area contributed by atoms with Gasteiger partial charge in [0.2, 0.25) is 0 Å². The van der Waals surface area contributed by atoms with Crippen molar-refractivity contribution in [1.82, 2.24) is 5.32 Å². The molecule has 0 bridgehead atoms. The summed E-state index contributed by atoms with van der Waals surface area (Å²) in [6.45, 7) is 2.76. The maximum absolute atomic E-state index is 14.2. The van der Waals surface area contributed by atoms with Crippen LogP contribution in [0.1, 0.15) is 18.1 Å². The first-order valence-electron chi connectivity index (χ1n) is 10.1. The molecule has 162 valence electrons. The molecule has 0 atom stereocenters. The molecule has 7 heteroatoms. The van der Waals surface area contributed by atoms with Crippen LogP contribution >= 0.6 is 12.2 Å². The molecular weight excluding hydrogens is 427 g/mol. The molecule has 1 heterocycles. The summed E-state index contributed by atoms with van der Waals surface area (Å²) in [5, 5.41) is 3.00. The predicted molar refractivity (Wildman–Crippen MR) is 126 cm³/mol. The number of amides is 1. The minimum absolute atomic E-state index is 0.109. The summed E-state index contributed by atoms with van der Waals surface area (Å²) in [5.74, 6) is 0.219. The summed E-state index contributed by atoms with van der Waals surface area (Å²) in [5.41, 5.74) is 2.12. The van der Waals surface area contributed by atoms with Gasteiger partial charge in [0, 0.05) is 0 Å². The zero-order chi connectivity index (χ0) is 22.5. The lowest BCUT2D eigenvalue weighted by Gasteiger charge is -2.14. The smallest absolute Gasteiger partial charge is 0.281 e. The van der Waals surface area contributed by atoms with Gasteiger partial charge in [-0.25, -0.2) is 9.29 Å². The highest BCUT2D eigenvalue weighted by atomic mass is 32.1. The van der Waals surface area contributed by atoms with Gasteiger partial charge < -0.3 is 14.8 Å². The summed E-state index contributed by atoms with van der Waals surface area (Å²) < 4.78 is 25.9. The van der Waals surface area contributed by atoms with E-state index in [9.17, 15) is 9.18 Å². The third-order valence-corrected chi connectivity index (χ3v) is 5.07. The minimum atomic E-state index is -0.523. The average molecular weight is 449 g/mol. The van der Waals surface area contributed by atoms with Crippen LogP contribution in [0.4, 0.5) is 10.1 Å². The van der Waals surface area contributed by atoms with Crippen LogP contribution in [-0.4, -0.2) is 17.6 Å². The average Bonchev–Trinajstić information content (AvgIpc) is 3.07. The molecule has 4 rings (SSSR count). The fourth-order valence-electron chi connectivity index (χ4n) is 3.29. The Morgan fingerprint density at radius 3 is 2.50 bits per heavy atom. The van der Waals surface area contributed by atoms with E-state index in [2.05, 4.69) is 5.32 Å². The van der Waals surface area contributed by atoms with E-state index in [1.807, 2.05) is 43.3 Å². The Morgan fingerprint density at radius 1 is 1.00 bits per heavy atom. The molecule has 0 aromatic heterocycles. The number of carbonyl (C=O) groups excluding carboxylic acids is 1. The highest BCUT2D eigenvalue weighted by Gasteiger charge is 2.33. The van der Waals surface area contributed by atoms with Crippen LogP contribution in [0, 0.1) is 5.82 Å². The molecule has 0 unspecified atom stereocenters. The number of hydrogen-bond acceptors (Lipinski definition) is 4. The second kappa shape index (κ2) is 9.62. The molecule has 1 fully saturated rings. The van der Waals surface area contributed by atoms with E-state index in [4.69, 9.17) is 21.7 Å². The fraction of sp³-hybridized carbons (Fsp3) is 0.120. The Labute approximate surface area is 191 Å². The number of anilines is 1. The van der Waals surface area contributed by atoms with Gasteiger partial charge in [0.15, 0.2) is 16.6 Å². The number of ether oxygens (including phenoxy) is 2. The lowest BCUT2D eigenvalue weighted by atomic mass is 10.1. The highest BCUT2D eigenvalue weighted by Crippen LogP contribution is 2.31. The Bertz CT molecular complexity index is 1180. The Balaban J connectivity index is 1.57. The van der Waals surface area contributed by atoms with Gasteiger partial charge in [-0.1, -0.05) is 48.5 Å². The summed E-state index contributed by atoms with van der Waals surface area (Å²) in [7, 11) is 0. The van der Waals surface area contributed by atoms with Crippen LogP contribution in [0.2, 0.25) is 0 Å². The van der Waals surface area contributed by atoms with E-state index in [0.29, 0.717) is 24.7 Å². The fourth-order valence-corrected chi connectivity index (χ4v) is 3.58. The molecule has 1 saturated heterocycles. The zero-order valence-electron chi connectivity index (χ0n) is 17.4. The number of carbonyl (C=O) groups is 1. The minimum Gasteiger partial charge on any atom is -0.490 e. The number of nitrogens with one attached hydrogen (secondary N) is 1. The molecule has 1 aliphatic rings. The van der Waals surface area contributed by atoms with E-state index in [-0.39, 0.29) is 16.5 Å².